The van der Waals surface area contributed by atoms with Gasteiger partial charge in [0.15, 0.2) is 5.78 Å². The summed E-state index contributed by atoms with van der Waals surface area (Å²) in [6, 6.07) is 0. The fraction of sp³-hybridized carbons (Fsp3) is 0.609. The van der Waals surface area contributed by atoms with Crippen LogP contribution in [0.4, 0.5) is 0 Å². The first-order valence-electron chi connectivity index (χ1n) is 9.23. The third-order valence-electron chi connectivity index (χ3n) is 5.29. The van der Waals surface area contributed by atoms with Gasteiger partial charge in [0.1, 0.15) is 0 Å². The van der Waals surface area contributed by atoms with Crippen LogP contribution in [0.2, 0.25) is 0 Å². The molecule has 2 atom stereocenters. The molecule has 24 heavy (non-hydrogen) atoms. The molecule has 0 amide bonds. The molecule has 0 aliphatic rings. The molecule has 0 aliphatic heterocycles. The third kappa shape index (κ3) is 5.92. The van der Waals surface area contributed by atoms with Crippen LogP contribution in [0.1, 0.15) is 69.2 Å². The Bertz CT molecular complexity index is 490. The number of carbonyl (C=O) groups is 1. The van der Waals surface area contributed by atoms with Crippen LogP contribution in [-0.4, -0.2) is 5.78 Å². The van der Waals surface area contributed by atoms with E-state index in [1.807, 2.05) is 26.0 Å². The number of hydrogen-bond donors (Lipinski definition) is 0. The van der Waals surface area contributed by atoms with E-state index in [1.165, 1.54) is 22.3 Å². The molecule has 0 aromatic carbocycles. The van der Waals surface area contributed by atoms with Crippen LogP contribution < -0.4 is 0 Å². The maximum atomic E-state index is 13.4. The molecule has 1 nitrogen and oxygen atoms in total. The average Bonchev–Trinajstić information content (AvgIpc) is 2.53. The van der Waals surface area contributed by atoms with E-state index < -0.39 is 0 Å². The van der Waals surface area contributed by atoms with Crippen molar-refractivity contribution in [1.29, 1.82) is 0 Å². The predicted molar refractivity (Wildman–Crippen MR) is 108 cm³/mol. The van der Waals surface area contributed by atoms with Crippen molar-refractivity contribution in [1.82, 2.24) is 0 Å². The Balaban J connectivity index is 6.09. The van der Waals surface area contributed by atoms with E-state index in [1.54, 1.807) is 0 Å². The second-order valence-electron chi connectivity index (χ2n) is 7.45. The van der Waals surface area contributed by atoms with Gasteiger partial charge in [0.2, 0.25) is 0 Å². The highest BCUT2D eigenvalue weighted by Crippen LogP contribution is 2.30. The monoisotopic (exact) mass is 330 g/mol. The molecule has 0 spiro atoms. The third-order valence-corrected chi connectivity index (χ3v) is 5.29. The Labute approximate surface area is 150 Å². The molecular weight excluding hydrogens is 292 g/mol. The fourth-order valence-electron chi connectivity index (χ4n) is 2.88. The standard InChI is InChI=1S/C23H38O/c1-11-13-21(19(9)17(7)15(3)4)23(24)22(14-12-2)20(10)18(8)16(5)6/h11-16,21-22H,1-10H3. The summed E-state index contributed by atoms with van der Waals surface area (Å²) >= 11 is 0. The summed E-state index contributed by atoms with van der Waals surface area (Å²) in [5, 5.41) is 0. The Morgan fingerprint density at radius 1 is 0.625 bits per heavy atom. The zero-order valence-electron chi connectivity index (χ0n) is 17.5. The van der Waals surface area contributed by atoms with Crippen LogP contribution in [-0.2, 0) is 4.79 Å². The van der Waals surface area contributed by atoms with Gasteiger partial charge in [-0.1, -0.05) is 74.3 Å². The number of allylic oxidation sites excluding steroid dienone is 8. The summed E-state index contributed by atoms with van der Waals surface area (Å²) in [6.45, 7) is 21.3. The summed E-state index contributed by atoms with van der Waals surface area (Å²) in [5.74, 6) is 0.905. The van der Waals surface area contributed by atoms with Gasteiger partial charge in [0.05, 0.1) is 11.8 Å². The van der Waals surface area contributed by atoms with Gasteiger partial charge >= 0.3 is 0 Å². The second-order valence-corrected chi connectivity index (χ2v) is 7.45. The summed E-state index contributed by atoms with van der Waals surface area (Å²) < 4.78 is 0. The van der Waals surface area contributed by atoms with Crippen molar-refractivity contribution in [2.75, 3.05) is 0 Å². The quantitative estimate of drug-likeness (QED) is 0.441. The molecule has 2 unspecified atom stereocenters. The SMILES string of the molecule is CC=CC(C(=O)C(C=CC)C(C)=C(C)C(C)C)C(C)=C(C)C(C)C. The molecule has 0 aromatic rings. The molecule has 0 bridgehead atoms. The van der Waals surface area contributed by atoms with Gasteiger partial charge in [-0.05, 0) is 53.4 Å². The van der Waals surface area contributed by atoms with Crippen LogP contribution in [0, 0.1) is 23.7 Å². The van der Waals surface area contributed by atoms with Gasteiger partial charge < -0.3 is 0 Å². The lowest BCUT2D eigenvalue weighted by atomic mass is 9.79. The molecule has 0 saturated heterocycles. The van der Waals surface area contributed by atoms with E-state index in [0.717, 1.165) is 0 Å². The first-order chi connectivity index (χ1) is 11.1. The average molecular weight is 331 g/mol. The Kier molecular flexibility index (Phi) is 9.89. The zero-order chi connectivity index (χ0) is 19.0. The minimum atomic E-state index is -0.145. The van der Waals surface area contributed by atoms with Crippen molar-refractivity contribution in [3.63, 3.8) is 0 Å². The molecule has 0 N–H and O–H groups in total. The van der Waals surface area contributed by atoms with Crippen LogP contribution in [0.15, 0.2) is 46.6 Å². The van der Waals surface area contributed by atoms with E-state index in [2.05, 4.69) is 67.5 Å². The predicted octanol–water partition coefficient (Wildman–Crippen LogP) is 6.92. The molecule has 0 saturated carbocycles. The Morgan fingerprint density at radius 2 is 0.917 bits per heavy atom. The maximum Gasteiger partial charge on any atom is 0.154 e. The largest absolute Gasteiger partial charge is 0.298 e. The molecule has 0 radical (unpaired) electrons. The first-order valence-corrected chi connectivity index (χ1v) is 9.23. The number of Topliss-reactive ketones (excluding diaryl/α,β-unsaturated/α-hetero) is 1. The van der Waals surface area contributed by atoms with Gasteiger partial charge in [-0.25, -0.2) is 0 Å². The number of ketones is 1. The molecule has 1 heteroatoms. The summed E-state index contributed by atoms with van der Waals surface area (Å²) in [6.07, 6.45) is 8.11. The lowest BCUT2D eigenvalue weighted by Crippen LogP contribution is -2.25. The molecule has 136 valence electrons. The highest BCUT2D eigenvalue weighted by Gasteiger charge is 2.27. The van der Waals surface area contributed by atoms with Crippen LogP contribution in [0.5, 0.6) is 0 Å². The van der Waals surface area contributed by atoms with Crippen molar-refractivity contribution in [3.05, 3.63) is 46.6 Å². The van der Waals surface area contributed by atoms with E-state index in [-0.39, 0.29) is 17.6 Å². The molecule has 0 rings (SSSR count). The highest BCUT2D eigenvalue weighted by atomic mass is 16.1. The van der Waals surface area contributed by atoms with E-state index in [0.29, 0.717) is 11.8 Å². The van der Waals surface area contributed by atoms with Crippen molar-refractivity contribution in [2.45, 2.75) is 69.2 Å². The number of carbonyl (C=O) groups excluding carboxylic acids is 1. The van der Waals surface area contributed by atoms with E-state index >= 15 is 0 Å². The topological polar surface area (TPSA) is 17.1 Å². The molecule has 0 aromatic heterocycles. The lowest BCUT2D eigenvalue weighted by Gasteiger charge is -2.24. The van der Waals surface area contributed by atoms with E-state index in [9.17, 15) is 4.79 Å². The fourth-order valence-corrected chi connectivity index (χ4v) is 2.88. The van der Waals surface area contributed by atoms with E-state index in [4.69, 9.17) is 0 Å². The molecule has 0 heterocycles. The van der Waals surface area contributed by atoms with Gasteiger partial charge in [0.25, 0.3) is 0 Å². The van der Waals surface area contributed by atoms with Crippen molar-refractivity contribution < 1.29 is 4.79 Å². The number of hydrogen-bond acceptors (Lipinski definition) is 1. The van der Waals surface area contributed by atoms with Crippen molar-refractivity contribution in [3.8, 4) is 0 Å². The van der Waals surface area contributed by atoms with Crippen LogP contribution in [0.25, 0.3) is 0 Å². The van der Waals surface area contributed by atoms with Crippen molar-refractivity contribution in [2.24, 2.45) is 23.7 Å². The summed E-state index contributed by atoms with van der Waals surface area (Å²) in [7, 11) is 0. The molecule has 0 fully saturated rings. The van der Waals surface area contributed by atoms with Gasteiger partial charge in [-0.2, -0.15) is 0 Å². The van der Waals surface area contributed by atoms with Crippen LogP contribution >= 0.6 is 0 Å². The van der Waals surface area contributed by atoms with Crippen molar-refractivity contribution >= 4 is 5.78 Å². The van der Waals surface area contributed by atoms with Gasteiger partial charge in [-0.3, -0.25) is 4.79 Å². The highest BCUT2D eigenvalue weighted by molar-refractivity contribution is 5.91. The summed E-state index contributed by atoms with van der Waals surface area (Å²) in [4.78, 5) is 13.4. The first kappa shape index (κ1) is 22.6. The molecular formula is C23H38O. The Hall–Kier alpha value is -1.37. The second kappa shape index (κ2) is 10.5. The smallest absolute Gasteiger partial charge is 0.154 e. The maximum absolute atomic E-state index is 13.4. The lowest BCUT2D eigenvalue weighted by molar-refractivity contribution is -0.122. The zero-order valence-corrected chi connectivity index (χ0v) is 17.5. The number of rotatable bonds is 8. The van der Waals surface area contributed by atoms with Crippen LogP contribution in [0.3, 0.4) is 0 Å². The molecule has 0 aliphatic carbocycles. The minimum absolute atomic E-state index is 0.145. The Morgan fingerprint density at radius 3 is 1.12 bits per heavy atom. The normalized spacial score (nSPS) is 17.5. The minimum Gasteiger partial charge on any atom is -0.298 e. The summed E-state index contributed by atoms with van der Waals surface area (Å²) in [5.41, 5.74) is 5.01. The van der Waals surface area contributed by atoms with Gasteiger partial charge in [-0.15, -0.1) is 0 Å². The van der Waals surface area contributed by atoms with Gasteiger partial charge in [0, 0.05) is 0 Å².